The van der Waals surface area contributed by atoms with Crippen LogP contribution < -0.4 is 0 Å². The van der Waals surface area contributed by atoms with Gasteiger partial charge in [0, 0.05) is 25.5 Å². The molecular weight excluding hydrogens is 272 g/mol. The molecular formula is C16H21ClN2O. The van der Waals surface area contributed by atoms with E-state index in [2.05, 4.69) is 29.7 Å². The van der Waals surface area contributed by atoms with Gasteiger partial charge in [0.15, 0.2) is 0 Å². The third-order valence-corrected chi connectivity index (χ3v) is 4.19. The number of hydrogen-bond donors (Lipinski definition) is 0. The molecule has 1 aromatic heterocycles. The molecule has 0 amide bonds. The van der Waals surface area contributed by atoms with Crippen molar-refractivity contribution in [1.29, 1.82) is 0 Å². The summed E-state index contributed by atoms with van der Waals surface area (Å²) >= 11 is 5.92. The third kappa shape index (κ3) is 2.84. The second-order valence-electron chi connectivity index (χ2n) is 5.53. The number of rotatable bonds is 5. The molecule has 4 heteroatoms. The van der Waals surface area contributed by atoms with Crippen LogP contribution in [0.5, 0.6) is 0 Å². The van der Waals surface area contributed by atoms with E-state index in [0.717, 1.165) is 37.3 Å². The Morgan fingerprint density at radius 2 is 2.35 bits per heavy atom. The highest BCUT2D eigenvalue weighted by Gasteiger charge is 2.17. The quantitative estimate of drug-likeness (QED) is 0.786. The first kappa shape index (κ1) is 13.9. The molecule has 1 aliphatic rings. The van der Waals surface area contributed by atoms with Gasteiger partial charge in [0.2, 0.25) is 0 Å². The van der Waals surface area contributed by atoms with Crippen LogP contribution >= 0.6 is 11.6 Å². The molecule has 3 rings (SSSR count). The summed E-state index contributed by atoms with van der Waals surface area (Å²) in [4.78, 5) is 4.73. The van der Waals surface area contributed by atoms with Gasteiger partial charge in [-0.25, -0.2) is 4.98 Å². The van der Waals surface area contributed by atoms with Crippen molar-refractivity contribution in [3.05, 3.63) is 29.6 Å². The maximum Gasteiger partial charge on any atom is 0.111 e. The van der Waals surface area contributed by atoms with E-state index >= 15 is 0 Å². The molecule has 2 heterocycles. The highest BCUT2D eigenvalue weighted by Crippen LogP contribution is 2.22. The fourth-order valence-corrected chi connectivity index (χ4v) is 3.12. The van der Waals surface area contributed by atoms with E-state index in [9.17, 15) is 0 Å². The fraction of sp³-hybridized carbons (Fsp3) is 0.562. The fourth-order valence-electron chi connectivity index (χ4n) is 2.95. The molecule has 0 bridgehead atoms. The average molecular weight is 293 g/mol. The zero-order valence-corrected chi connectivity index (χ0v) is 12.7. The summed E-state index contributed by atoms with van der Waals surface area (Å²) in [6.07, 6.45) is 4.69. The van der Waals surface area contributed by atoms with Crippen LogP contribution in [-0.4, -0.2) is 28.1 Å². The van der Waals surface area contributed by atoms with Crippen molar-refractivity contribution in [1.82, 2.24) is 9.55 Å². The van der Waals surface area contributed by atoms with Crippen molar-refractivity contribution >= 4 is 22.6 Å². The summed E-state index contributed by atoms with van der Waals surface area (Å²) in [5, 5.41) is 0. The zero-order chi connectivity index (χ0) is 13.9. The minimum absolute atomic E-state index is 0.418. The first-order valence-corrected chi connectivity index (χ1v) is 7.94. The lowest BCUT2D eigenvalue weighted by Crippen LogP contribution is -2.12. The number of fused-ring (bicyclic) bond motifs is 1. The molecule has 0 radical (unpaired) electrons. The number of imidazole rings is 1. The first-order valence-electron chi connectivity index (χ1n) is 7.41. The largest absolute Gasteiger partial charge is 0.378 e. The maximum absolute atomic E-state index is 5.92. The number of halogens is 1. The first-order chi connectivity index (χ1) is 9.78. The standard InChI is InChI=1S/C16H21ClN2O/c1-12-4-5-14-15(11-12)19(16(18-14)6-8-17)9-7-13-3-2-10-20-13/h4-5,11,13H,2-3,6-10H2,1H3. The monoisotopic (exact) mass is 292 g/mol. The Balaban J connectivity index is 1.88. The Kier molecular flexibility index (Phi) is 4.27. The van der Waals surface area contributed by atoms with E-state index in [-0.39, 0.29) is 0 Å². The summed E-state index contributed by atoms with van der Waals surface area (Å²) in [6, 6.07) is 6.44. The molecule has 1 atom stereocenters. The van der Waals surface area contributed by atoms with E-state index in [1.54, 1.807) is 0 Å². The molecule has 1 aliphatic heterocycles. The Labute approximate surface area is 124 Å². The smallest absolute Gasteiger partial charge is 0.111 e. The van der Waals surface area contributed by atoms with Crippen LogP contribution in [0.3, 0.4) is 0 Å². The van der Waals surface area contributed by atoms with Gasteiger partial charge in [0.05, 0.1) is 17.1 Å². The van der Waals surface area contributed by atoms with Crippen LogP contribution in [0, 0.1) is 6.92 Å². The molecule has 20 heavy (non-hydrogen) atoms. The van der Waals surface area contributed by atoms with Gasteiger partial charge in [-0.1, -0.05) is 6.07 Å². The summed E-state index contributed by atoms with van der Waals surface area (Å²) < 4.78 is 8.05. The molecule has 1 aromatic carbocycles. The molecule has 1 unspecified atom stereocenters. The van der Waals surface area contributed by atoms with Crippen molar-refractivity contribution in [2.24, 2.45) is 0 Å². The van der Waals surface area contributed by atoms with Crippen LogP contribution in [0.2, 0.25) is 0 Å². The predicted molar refractivity (Wildman–Crippen MR) is 82.5 cm³/mol. The number of aromatic nitrogens is 2. The number of alkyl halides is 1. The minimum atomic E-state index is 0.418. The molecule has 0 spiro atoms. The summed E-state index contributed by atoms with van der Waals surface area (Å²) in [7, 11) is 0. The Hall–Kier alpha value is -1.06. The molecule has 1 fully saturated rings. The van der Waals surface area contributed by atoms with Crippen molar-refractivity contribution in [3.8, 4) is 0 Å². The lowest BCUT2D eigenvalue weighted by molar-refractivity contribution is 0.100. The molecule has 0 aliphatic carbocycles. The van der Waals surface area contributed by atoms with Crippen LogP contribution in [0.15, 0.2) is 18.2 Å². The van der Waals surface area contributed by atoms with Crippen molar-refractivity contribution in [2.45, 2.75) is 45.3 Å². The Morgan fingerprint density at radius 1 is 1.45 bits per heavy atom. The van der Waals surface area contributed by atoms with Gasteiger partial charge in [0.25, 0.3) is 0 Å². The summed E-state index contributed by atoms with van der Waals surface area (Å²) in [5.41, 5.74) is 3.57. The van der Waals surface area contributed by atoms with E-state index in [4.69, 9.17) is 21.3 Å². The van der Waals surface area contributed by atoms with Crippen LogP contribution in [0.1, 0.15) is 30.7 Å². The third-order valence-electron chi connectivity index (χ3n) is 4.00. The topological polar surface area (TPSA) is 27.1 Å². The lowest BCUT2D eigenvalue weighted by Gasteiger charge is -2.12. The summed E-state index contributed by atoms with van der Waals surface area (Å²) in [5.74, 6) is 1.71. The zero-order valence-electron chi connectivity index (χ0n) is 11.9. The van der Waals surface area contributed by atoms with E-state index in [0.29, 0.717) is 12.0 Å². The normalized spacial score (nSPS) is 19.0. The van der Waals surface area contributed by atoms with Gasteiger partial charge in [0.1, 0.15) is 5.82 Å². The average Bonchev–Trinajstić information content (AvgIpc) is 3.04. The van der Waals surface area contributed by atoms with Gasteiger partial charge < -0.3 is 9.30 Å². The Bertz CT molecular complexity index is 587. The second-order valence-corrected chi connectivity index (χ2v) is 5.91. The number of ether oxygens (including phenoxy) is 1. The molecule has 0 saturated carbocycles. The second kappa shape index (κ2) is 6.15. The van der Waals surface area contributed by atoms with Crippen molar-refractivity contribution in [3.63, 3.8) is 0 Å². The number of nitrogens with zero attached hydrogens (tertiary/aromatic N) is 2. The molecule has 0 N–H and O–H groups in total. The highest BCUT2D eigenvalue weighted by molar-refractivity contribution is 6.17. The predicted octanol–water partition coefficient (Wildman–Crippen LogP) is 3.70. The molecule has 2 aromatic rings. The van der Waals surface area contributed by atoms with Crippen LogP contribution in [0.4, 0.5) is 0 Å². The highest BCUT2D eigenvalue weighted by atomic mass is 35.5. The van der Waals surface area contributed by atoms with E-state index in [1.807, 2.05) is 0 Å². The lowest BCUT2D eigenvalue weighted by atomic mass is 10.2. The van der Waals surface area contributed by atoms with Gasteiger partial charge >= 0.3 is 0 Å². The summed E-state index contributed by atoms with van der Waals surface area (Å²) in [6.45, 7) is 4.01. The number of hydrogen-bond acceptors (Lipinski definition) is 2. The van der Waals surface area contributed by atoms with Gasteiger partial charge in [-0.05, 0) is 43.9 Å². The van der Waals surface area contributed by atoms with Crippen molar-refractivity contribution in [2.75, 3.05) is 12.5 Å². The molecule has 3 nitrogen and oxygen atoms in total. The number of benzene rings is 1. The molecule has 1 saturated heterocycles. The maximum atomic E-state index is 5.92. The van der Waals surface area contributed by atoms with Crippen LogP contribution in [-0.2, 0) is 17.7 Å². The van der Waals surface area contributed by atoms with Gasteiger partial charge in [-0.2, -0.15) is 0 Å². The number of aryl methyl sites for hydroxylation is 3. The van der Waals surface area contributed by atoms with E-state index in [1.165, 1.54) is 23.9 Å². The Morgan fingerprint density at radius 3 is 3.10 bits per heavy atom. The van der Waals surface area contributed by atoms with Gasteiger partial charge in [-0.3, -0.25) is 0 Å². The van der Waals surface area contributed by atoms with Gasteiger partial charge in [-0.15, -0.1) is 11.6 Å². The van der Waals surface area contributed by atoms with E-state index < -0.39 is 0 Å². The minimum Gasteiger partial charge on any atom is -0.378 e. The van der Waals surface area contributed by atoms with Crippen LogP contribution in [0.25, 0.3) is 11.0 Å². The SMILES string of the molecule is Cc1ccc2nc(CCCl)n(CCC3CCCO3)c2c1. The van der Waals surface area contributed by atoms with Crippen molar-refractivity contribution < 1.29 is 4.74 Å². The molecule has 108 valence electrons.